The lowest BCUT2D eigenvalue weighted by atomic mass is 10.1. The minimum Gasteiger partial charge on any atom is -0.491 e. The molecule has 0 aliphatic carbocycles. The van der Waals surface area contributed by atoms with E-state index in [2.05, 4.69) is 48.9 Å². The minimum absolute atomic E-state index is 0.163. The molecule has 1 aromatic carbocycles. The Morgan fingerprint density at radius 1 is 1.24 bits per heavy atom. The van der Waals surface area contributed by atoms with Crippen LogP contribution in [-0.2, 0) is 6.42 Å². The first-order chi connectivity index (χ1) is 10.1. The number of benzene rings is 1. The van der Waals surface area contributed by atoms with Crippen LogP contribution >= 0.6 is 31.9 Å². The van der Waals surface area contributed by atoms with Gasteiger partial charge in [-0.3, -0.25) is 0 Å². The number of nitrogens with zero attached hydrogens (tertiary/aromatic N) is 1. The monoisotopic (exact) mass is 418 g/mol. The molecule has 5 heteroatoms. The second-order valence-corrected chi connectivity index (χ2v) is 7.53. The van der Waals surface area contributed by atoms with Crippen molar-refractivity contribution in [2.45, 2.75) is 38.6 Å². The van der Waals surface area contributed by atoms with E-state index < -0.39 is 0 Å². The van der Waals surface area contributed by atoms with E-state index in [0.29, 0.717) is 0 Å². The number of hydrogen-bond donors (Lipinski definition) is 1. The topological polar surface area (TPSA) is 38.5 Å². The van der Waals surface area contributed by atoms with Crippen molar-refractivity contribution < 1.29 is 4.74 Å². The van der Waals surface area contributed by atoms with E-state index in [1.54, 1.807) is 0 Å². The molecule has 3 nitrogen and oxygen atoms in total. The fourth-order valence-electron chi connectivity index (χ4n) is 2.71. The Labute approximate surface area is 144 Å². The predicted molar refractivity (Wildman–Crippen MR) is 95.0 cm³/mol. The van der Waals surface area contributed by atoms with Gasteiger partial charge in [0.25, 0.3) is 0 Å². The lowest BCUT2D eigenvalue weighted by molar-refractivity contribution is 0.261. The molecule has 1 aromatic rings. The van der Waals surface area contributed by atoms with E-state index in [4.69, 9.17) is 10.5 Å². The number of ether oxygens (including phenoxy) is 1. The van der Waals surface area contributed by atoms with Crippen LogP contribution in [0.1, 0.15) is 31.7 Å². The molecule has 0 radical (unpaired) electrons. The van der Waals surface area contributed by atoms with Crippen LogP contribution in [0.2, 0.25) is 0 Å². The van der Waals surface area contributed by atoms with Crippen LogP contribution in [0.3, 0.4) is 0 Å². The third-order valence-electron chi connectivity index (χ3n) is 3.68. The quantitative estimate of drug-likeness (QED) is 0.679. The highest BCUT2D eigenvalue weighted by Crippen LogP contribution is 2.35. The Morgan fingerprint density at radius 2 is 1.86 bits per heavy atom. The lowest BCUT2D eigenvalue weighted by Crippen LogP contribution is -2.22. The molecule has 0 aromatic heterocycles. The maximum Gasteiger partial charge on any atom is 0.147 e. The first-order valence-electron chi connectivity index (χ1n) is 7.65. The van der Waals surface area contributed by atoms with Gasteiger partial charge in [0, 0.05) is 12.6 Å². The Hall–Kier alpha value is -0.100. The summed E-state index contributed by atoms with van der Waals surface area (Å²) in [4.78, 5) is 2.51. The van der Waals surface area contributed by atoms with E-state index in [1.807, 2.05) is 6.92 Å². The second-order valence-electron chi connectivity index (χ2n) is 5.82. The summed E-state index contributed by atoms with van der Waals surface area (Å²) in [6.45, 7) is 6.40. The smallest absolute Gasteiger partial charge is 0.147 e. The minimum atomic E-state index is 0.163. The Kier molecular flexibility index (Phi) is 6.99. The van der Waals surface area contributed by atoms with Gasteiger partial charge in [0.1, 0.15) is 5.75 Å². The van der Waals surface area contributed by atoms with Crippen LogP contribution in [0.25, 0.3) is 0 Å². The molecule has 21 heavy (non-hydrogen) atoms. The summed E-state index contributed by atoms with van der Waals surface area (Å²) in [5.74, 6) is 0.893. The zero-order valence-corrected chi connectivity index (χ0v) is 15.7. The van der Waals surface area contributed by atoms with Crippen molar-refractivity contribution in [3.63, 3.8) is 0 Å². The van der Waals surface area contributed by atoms with E-state index >= 15 is 0 Å². The van der Waals surface area contributed by atoms with Gasteiger partial charge < -0.3 is 15.4 Å². The molecule has 1 aliphatic rings. The van der Waals surface area contributed by atoms with E-state index in [-0.39, 0.29) is 6.04 Å². The maximum absolute atomic E-state index is 5.94. The molecule has 0 bridgehead atoms. The Balaban J connectivity index is 1.84. The fraction of sp³-hybridized carbons (Fsp3) is 0.625. The molecule has 1 fully saturated rings. The molecule has 0 saturated carbocycles. The molecule has 1 aliphatic heterocycles. The van der Waals surface area contributed by atoms with Gasteiger partial charge in [-0.25, -0.2) is 0 Å². The van der Waals surface area contributed by atoms with Crippen LogP contribution in [0.15, 0.2) is 21.1 Å². The molecule has 2 N–H and O–H groups in total. The molecule has 1 atom stereocenters. The average Bonchev–Trinajstić information content (AvgIpc) is 2.89. The predicted octanol–water partition coefficient (Wildman–Crippen LogP) is 3.97. The molecule has 0 spiro atoms. The highest BCUT2D eigenvalue weighted by Gasteiger charge is 2.12. The first kappa shape index (κ1) is 17.3. The SMILES string of the molecule is CC(N)Cc1cc(Br)c(OCCCN2CCCC2)c(Br)c1. The molecule has 0 amide bonds. The van der Waals surface area contributed by atoms with Gasteiger partial charge in [-0.2, -0.15) is 0 Å². The van der Waals surface area contributed by atoms with Crippen molar-refractivity contribution >= 4 is 31.9 Å². The zero-order chi connectivity index (χ0) is 15.2. The van der Waals surface area contributed by atoms with Gasteiger partial charge in [-0.15, -0.1) is 0 Å². The van der Waals surface area contributed by atoms with Gasteiger partial charge >= 0.3 is 0 Å². The summed E-state index contributed by atoms with van der Waals surface area (Å²) < 4.78 is 7.92. The molecule has 1 heterocycles. The van der Waals surface area contributed by atoms with Crippen LogP contribution in [0, 0.1) is 0 Å². The summed E-state index contributed by atoms with van der Waals surface area (Å²) in [5, 5.41) is 0. The van der Waals surface area contributed by atoms with Crippen LogP contribution in [0.5, 0.6) is 5.75 Å². The largest absolute Gasteiger partial charge is 0.491 e. The van der Waals surface area contributed by atoms with Crippen molar-refractivity contribution in [3.05, 3.63) is 26.6 Å². The summed E-state index contributed by atoms with van der Waals surface area (Å²) in [7, 11) is 0. The summed E-state index contributed by atoms with van der Waals surface area (Å²) in [5.41, 5.74) is 7.07. The third-order valence-corrected chi connectivity index (χ3v) is 4.86. The number of nitrogens with two attached hydrogens (primary N) is 1. The van der Waals surface area contributed by atoms with Gasteiger partial charge in [0.2, 0.25) is 0 Å². The van der Waals surface area contributed by atoms with Gasteiger partial charge in [-0.1, -0.05) is 0 Å². The van der Waals surface area contributed by atoms with Gasteiger partial charge in [0.05, 0.1) is 15.6 Å². The normalized spacial score (nSPS) is 17.1. The number of likely N-dealkylation sites (tertiary alicyclic amines) is 1. The van der Waals surface area contributed by atoms with Crippen LogP contribution in [0.4, 0.5) is 0 Å². The molecular weight excluding hydrogens is 396 g/mol. The summed E-state index contributed by atoms with van der Waals surface area (Å²) in [6.07, 6.45) is 4.63. The zero-order valence-electron chi connectivity index (χ0n) is 12.6. The van der Waals surface area contributed by atoms with Crippen LogP contribution < -0.4 is 10.5 Å². The van der Waals surface area contributed by atoms with E-state index in [9.17, 15) is 0 Å². The Morgan fingerprint density at radius 3 is 2.43 bits per heavy atom. The maximum atomic E-state index is 5.94. The Bertz CT molecular complexity index is 437. The molecule has 2 rings (SSSR count). The summed E-state index contributed by atoms with van der Waals surface area (Å²) in [6, 6.07) is 4.37. The standard InChI is InChI=1S/C16H24Br2N2O/c1-12(19)9-13-10-14(17)16(15(18)11-13)21-8-4-7-20-5-2-3-6-20/h10-12H,2-9,19H2,1H3. The van der Waals surface area contributed by atoms with E-state index in [0.717, 1.165) is 40.7 Å². The van der Waals surface area contributed by atoms with Gasteiger partial charge in [-0.05, 0) is 95.3 Å². The van der Waals surface area contributed by atoms with Crippen molar-refractivity contribution in [3.8, 4) is 5.75 Å². The molecule has 118 valence electrons. The number of rotatable bonds is 7. The molecular formula is C16H24Br2N2O. The average molecular weight is 420 g/mol. The lowest BCUT2D eigenvalue weighted by Gasteiger charge is -2.16. The van der Waals surface area contributed by atoms with Crippen LogP contribution in [-0.4, -0.2) is 37.2 Å². The fourth-order valence-corrected chi connectivity index (χ4v) is 4.22. The van der Waals surface area contributed by atoms with Gasteiger partial charge in [0.15, 0.2) is 0 Å². The van der Waals surface area contributed by atoms with Crippen molar-refractivity contribution in [2.75, 3.05) is 26.2 Å². The van der Waals surface area contributed by atoms with Crippen molar-refractivity contribution in [2.24, 2.45) is 5.73 Å². The summed E-state index contributed by atoms with van der Waals surface area (Å²) >= 11 is 7.20. The van der Waals surface area contributed by atoms with Crippen molar-refractivity contribution in [1.29, 1.82) is 0 Å². The van der Waals surface area contributed by atoms with Crippen molar-refractivity contribution in [1.82, 2.24) is 4.90 Å². The highest BCUT2D eigenvalue weighted by atomic mass is 79.9. The number of halogens is 2. The van der Waals surface area contributed by atoms with E-state index in [1.165, 1.54) is 31.5 Å². The third kappa shape index (κ3) is 5.55. The first-order valence-corrected chi connectivity index (χ1v) is 9.23. The molecule has 1 unspecified atom stereocenters. The molecule has 1 saturated heterocycles. The number of hydrogen-bond acceptors (Lipinski definition) is 3. The second kappa shape index (κ2) is 8.51. The highest BCUT2D eigenvalue weighted by molar-refractivity contribution is 9.11.